The van der Waals surface area contributed by atoms with Gasteiger partial charge in [0.25, 0.3) is 10.0 Å². The molecule has 1 atom stereocenters. The van der Waals surface area contributed by atoms with Crippen molar-refractivity contribution in [2.24, 2.45) is 5.92 Å². The Morgan fingerprint density at radius 3 is 2.40 bits per heavy atom. The minimum Gasteiger partial charge on any atom is -0.490 e. The third-order valence-corrected chi connectivity index (χ3v) is 7.85. The lowest BCUT2D eigenvalue weighted by Gasteiger charge is -2.28. The average molecular weight is 509 g/mol. The van der Waals surface area contributed by atoms with Crippen molar-refractivity contribution in [1.29, 1.82) is 0 Å². The van der Waals surface area contributed by atoms with Gasteiger partial charge in [-0.15, -0.1) is 0 Å². The summed E-state index contributed by atoms with van der Waals surface area (Å²) in [5.74, 6) is -2.59. The van der Waals surface area contributed by atoms with Crippen LogP contribution in [0.5, 0.6) is 5.75 Å². The number of nitrogens with zero attached hydrogens (tertiary/aromatic N) is 1. The molecule has 0 aliphatic carbocycles. The molecule has 1 aliphatic heterocycles. The maximum absolute atomic E-state index is 15.3. The van der Waals surface area contributed by atoms with E-state index in [0.29, 0.717) is 28.5 Å². The van der Waals surface area contributed by atoms with Crippen LogP contribution in [0.1, 0.15) is 25.3 Å². The third kappa shape index (κ3) is 5.24. The topological polar surface area (TPSA) is 69.6 Å². The molecule has 0 saturated carbocycles. The van der Waals surface area contributed by atoms with E-state index < -0.39 is 32.4 Å². The lowest BCUT2D eigenvalue weighted by molar-refractivity contribution is 0.0238. The van der Waals surface area contributed by atoms with E-state index in [4.69, 9.17) is 9.47 Å². The standard InChI is InChI=1S/C25H27F3N2O4S/c1-16(18-8-10-33-11-9-18)34-19-6-7-20(23(28)13-19)24-12-17(14-29-2)15-30(24)35(31,32)25-21(26)4-3-5-22(25)27/h3-7,12-13,15-16,18,29H,8-11,14H2,1-2H3. The van der Waals surface area contributed by atoms with Crippen molar-refractivity contribution in [3.63, 3.8) is 0 Å². The first kappa shape index (κ1) is 25.3. The van der Waals surface area contributed by atoms with Gasteiger partial charge in [0, 0.05) is 37.6 Å². The first-order valence-electron chi connectivity index (χ1n) is 11.3. The summed E-state index contributed by atoms with van der Waals surface area (Å²) < 4.78 is 82.7. The largest absolute Gasteiger partial charge is 0.490 e. The molecule has 2 aromatic carbocycles. The Bertz CT molecular complexity index is 1280. The summed E-state index contributed by atoms with van der Waals surface area (Å²) in [7, 11) is -3.05. The maximum atomic E-state index is 15.3. The molecule has 1 aliphatic rings. The van der Waals surface area contributed by atoms with Gasteiger partial charge < -0.3 is 14.8 Å². The fraction of sp³-hybridized carbons (Fsp3) is 0.360. The van der Waals surface area contributed by atoms with Gasteiger partial charge in [0.15, 0.2) is 4.90 Å². The van der Waals surface area contributed by atoms with Crippen LogP contribution in [-0.2, 0) is 21.3 Å². The number of halogens is 3. The first-order valence-corrected chi connectivity index (χ1v) is 12.8. The smallest absolute Gasteiger partial charge is 0.274 e. The molecule has 0 radical (unpaired) electrons. The molecule has 1 N–H and O–H groups in total. The van der Waals surface area contributed by atoms with Crippen LogP contribution < -0.4 is 10.1 Å². The van der Waals surface area contributed by atoms with Crippen LogP contribution in [0.15, 0.2) is 53.6 Å². The molecule has 0 amide bonds. The SMILES string of the molecule is CNCc1cc(-c2ccc(OC(C)C3CCOCC3)cc2F)n(S(=O)(=O)c2c(F)cccc2F)c1. The molecule has 188 valence electrons. The number of hydrogen-bond acceptors (Lipinski definition) is 5. The van der Waals surface area contributed by atoms with E-state index in [0.717, 1.165) is 31.0 Å². The van der Waals surface area contributed by atoms with Crippen molar-refractivity contribution < 1.29 is 31.1 Å². The Kier molecular flexibility index (Phi) is 7.53. The van der Waals surface area contributed by atoms with Gasteiger partial charge >= 0.3 is 0 Å². The number of aromatic nitrogens is 1. The summed E-state index contributed by atoms with van der Waals surface area (Å²) in [6.45, 7) is 3.51. The van der Waals surface area contributed by atoms with E-state index >= 15 is 4.39 Å². The fourth-order valence-corrected chi connectivity index (χ4v) is 5.80. The van der Waals surface area contributed by atoms with Crippen LogP contribution >= 0.6 is 0 Å². The molecular formula is C25H27F3N2O4S. The van der Waals surface area contributed by atoms with Crippen molar-refractivity contribution in [3.8, 4) is 17.0 Å². The van der Waals surface area contributed by atoms with Gasteiger partial charge in [0.1, 0.15) is 23.2 Å². The lowest BCUT2D eigenvalue weighted by atomic mass is 9.95. The summed E-state index contributed by atoms with van der Waals surface area (Å²) >= 11 is 0. The predicted octanol–water partition coefficient (Wildman–Crippen LogP) is 4.72. The summed E-state index contributed by atoms with van der Waals surface area (Å²) in [5.41, 5.74) is 0.397. The molecule has 10 heteroatoms. The highest BCUT2D eigenvalue weighted by Crippen LogP contribution is 2.33. The van der Waals surface area contributed by atoms with Crippen molar-refractivity contribution in [3.05, 3.63) is 71.7 Å². The Balaban J connectivity index is 1.72. The van der Waals surface area contributed by atoms with Gasteiger partial charge in [-0.1, -0.05) is 6.07 Å². The Hall–Kier alpha value is -2.82. The van der Waals surface area contributed by atoms with Gasteiger partial charge in [-0.25, -0.2) is 25.6 Å². The van der Waals surface area contributed by atoms with Gasteiger partial charge in [0.2, 0.25) is 0 Å². The van der Waals surface area contributed by atoms with Crippen molar-refractivity contribution in [2.45, 2.75) is 37.3 Å². The van der Waals surface area contributed by atoms with Crippen LogP contribution in [0, 0.1) is 23.4 Å². The summed E-state index contributed by atoms with van der Waals surface area (Å²) in [4.78, 5) is -1.10. The summed E-state index contributed by atoms with van der Waals surface area (Å²) in [5, 5.41) is 2.89. The van der Waals surface area contributed by atoms with Crippen LogP contribution in [0.3, 0.4) is 0 Å². The number of nitrogens with one attached hydrogen (secondary N) is 1. The van der Waals surface area contributed by atoms with E-state index in [-0.39, 0.29) is 29.8 Å². The predicted molar refractivity (Wildman–Crippen MR) is 125 cm³/mol. The van der Waals surface area contributed by atoms with Gasteiger partial charge in [-0.05, 0) is 68.6 Å². The lowest BCUT2D eigenvalue weighted by Crippen LogP contribution is -2.29. The molecule has 4 rings (SSSR count). The molecule has 1 unspecified atom stereocenters. The van der Waals surface area contributed by atoms with Crippen LogP contribution in [-0.4, -0.2) is 38.8 Å². The van der Waals surface area contributed by atoms with Crippen LogP contribution in [0.2, 0.25) is 0 Å². The minimum absolute atomic E-state index is 0.0428. The quantitative estimate of drug-likeness (QED) is 0.477. The number of ether oxygens (including phenoxy) is 2. The highest BCUT2D eigenvalue weighted by atomic mass is 32.2. The molecule has 6 nitrogen and oxygen atoms in total. The molecule has 1 saturated heterocycles. The molecule has 35 heavy (non-hydrogen) atoms. The summed E-state index contributed by atoms with van der Waals surface area (Å²) in [6, 6.07) is 8.42. The van der Waals surface area contributed by atoms with E-state index in [1.807, 2.05) is 6.92 Å². The average Bonchev–Trinajstić information content (AvgIpc) is 3.24. The minimum atomic E-state index is -4.71. The zero-order valence-corrected chi connectivity index (χ0v) is 20.2. The Labute approximate surface area is 202 Å². The molecule has 0 spiro atoms. The van der Waals surface area contributed by atoms with E-state index in [1.165, 1.54) is 24.4 Å². The maximum Gasteiger partial charge on any atom is 0.274 e. The number of hydrogen-bond donors (Lipinski definition) is 1. The van der Waals surface area contributed by atoms with Crippen molar-refractivity contribution in [1.82, 2.24) is 9.29 Å². The normalized spacial score (nSPS) is 15.8. The Morgan fingerprint density at radius 2 is 1.77 bits per heavy atom. The van der Waals surface area contributed by atoms with Gasteiger partial charge in [-0.2, -0.15) is 0 Å². The number of benzene rings is 2. The molecule has 2 heterocycles. The third-order valence-electron chi connectivity index (χ3n) is 6.13. The van der Waals surface area contributed by atoms with Crippen LogP contribution in [0.25, 0.3) is 11.3 Å². The first-order chi connectivity index (χ1) is 16.7. The summed E-state index contributed by atoms with van der Waals surface area (Å²) in [6.07, 6.45) is 2.78. The van der Waals surface area contributed by atoms with E-state index in [9.17, 15) is 17.2 Å². The van der Waals surface area contributed by atoms with E-state index in [1.54, 1.807) is 13.1 Å². The monoisotopic (exact) mass is 508 g/mol. The van der Waals surface area contributed by atoms with Gasteiger partial charge in [0.05, 0.1) is 11.8 Å². The second-order valence-corrected chi connectivity index (χ2v) is 10.3. The van der Waals surface area contributed by atoms with Crippen molar-refractivity contribution >= 4 is 10.0 Å². The van der Waals surface area contributed by atoms with Gasteiger partial charge in [-0.3, -0.25) is 0 Å². The fourth-order valence-electron chi connectivity index (χ4n) is 4.29. The second kappa shape index (κ2) is 10.4. The highest BCUT2D eigenvalue weighted by molar-refractivity contribution is 7.90. The molecule has 3 aromatic rings. The molecule has 1 aromatic heterocycles. The zero-order chi connectivity index (χ0) is 25.2. The highest BCUT2D eigenvalue weighted by Gasteiger charge is 2.29. The van der Waals surface area contributed by atoms with E-state index in [2.05, 4.69) is 5.32 Å². The second-order valence-electron chi connectivity index (χ2n) is 8.53. The molecule has 0 bridgehead atoms. The number of rotatable bonds is 8. The Morgan fingerprint density at radius 1 is 1.09 bits per heavy atom. The molecule has 1 fully saturated rings. The zero-order valence-electron chi connectivity index (χ0n) is 19.4. The molecular weight excluding hydrogens is 481 g/mol. The van der Waals surface area contributed by atoms with Crippen LogP contribution in [0.4, 0.5) is 13.2 Å². The van der Waals surface area contributed by atoms with Crippen molar-refractivity contribution in [2.75, 3.05) is 20.3 Å².